The summed E-state index contributed by atoms with van der Waals surface area (Å²) in [7, 11) is 0. The zero-order valence-electron chi connectivity index (χ0n) is 11.5. The molecular formula is C13H21N3O2S. The number of hydrogen-bond acceptors (Lipinski definition) is 4. The Balaban J connectivity index is 2.09. The molecule has 0 amide bonds. The van der Waals surface area contributed by atoms with Crippen molar-refractivity contribution in [1.29, 1.82) is 0 Å². The summed E-state index contributed by atoms with van der Waals surface area (Å²) in [5.74, 6) is 1.26. The lowest BCUT2D eigenvalue weighted by Crippen LogP contribution is -2.44. The van der Waals surface area contributed by atoms with E-state index in [9.17, 15) is 4.79 Å². The van der Waals surface area contributed by atoms with E-state index in [1.54, 1.807) is 0 Å². The predicted molar refractivity (Wildman–Crippen MR) is 76.4 cm³/mol. The van der Waals surface area contributed by atoms with E-state index in [1.807, 2.05) is 22.6 Å². The highest BCUT2D eigenvalue weighted by molar-refractivity contribution is 7.99. The molecule has 1 N–H and O–H groups in total. The maximum atomic E-state index is 11.0. The van der Waals surface area contributed by atoms with Crippen LogP contribution >= 0.6 is 11.8 Å². The standard InChI is InChI=1S/C13H21N3O2S/c1-3-15-8-11(7-14-15)10(2)16-4-5-19-9-12(16)6-13(17)18/h7-8,10,12H,3-6,9H2,1-2H3,(H,17,18). The van der Waals surface area contributed by atoms with Gasteiger partial charge in [-0.2, -0.15) is 16.9 Å². The zero-order chi connectivity index (χ0) is 13.8. The van der Waals surface area contributed by atoms with Gasteiger partial charge in [-0.25, -0.2) is 0 Å². The highest BCUT2D eigenvalue weighted by atomic mass is 32.2. The van der Waals surface area contributed by atoms with E-state index in [4.69, 9.17) is 5.11 Å². The number of aliphatic carboxylic acids is 1. The molecule has 1 aliphatic rings. The zero-order valence-corrected chi connectivity index (χ0v) is 12.3. The second-order valence-electron chi connectivity index (χ2n) is 4.87. The Morgan fingerprint density at radius 2 is 2.47 bits per heavy atom. The number of thioether (sulfide) groups is 1. The third kappa shape index (κ3) is 3.51. The van der Waals surface area contributed by atoms with Gasteiger partial charge in [-0.3, -0.25) is 14.4 Å². The molecule has 106 valence electrons. The molecule has 0 aliphatic carbocycles. The smallest absolute Gasteiger partial charge is 0.304 e. The normalized spacial score (nSPS) is 22.3. The first kappa shape index (κ1) is 14.4. The van der Waals surface area contributed by atoms with Crippen molar-refractivity contribution < 1.29 is 9.90 Å². The Labute approximate surface area is 118 Å². The monoisotopic (exact) mass is 283 g/mol. The Hall–Kier alpha value is -1.01. The first-order valence-electron chi connectivity index (χ1n) is 6.69. The summed E-state index contributed by atoms with van der Waals surface area (Å²) in [6.07, 6.45) is 4.18. The van der Waals surface area contributed by atoms with E-state index >= 15 is 0 Å². The van der Waals surface area contributed by atoms with Crippen molar-refractivity contribution in [1.82, 2.24) is 14.7 Å². The van der Waals surface area contributed by atoms with Gasteiger partial charge in [0.05, 0.1) is 12.6 Å². The molecule has 0 saturated carbocycles. The molecule has 2 rings (SSSR count). The fourth-order valence-corrected chi connectivity index (χ4v) is 3.60. The molecule has 1 aliphatic heterocycles. The number of rotatable bonds is 5. The topological polar surface area (TPSA) is 58.4 Å². The molecule has 1 aromatic rings. The number of aryl methyl sites for hydroxylation is 1. The Morgan fingerprint density at radius 3 is 3.11 bits per heavy atom. The van der Waals surface area contributed by atoms with Crippen LogP contribution in [0.4, 0.5) is 0 Å². The van der Waals surface area contributed by atoms with Gasteiger partial charge in [0.1, 0.15) is 0 Å². The van der Waals surface area contributed by atoms with Crippen LogP contribution < -0.4 is 0 Å². The van der Waals surface area contributed by atoms with Crippen LogP contribution in [0.3, 0.4) is 0 Å². The Kier molecular flexibility index (Phi) is 4.87. The lowest BCUT2D eigenvalue weighted by molar-refractivity contribution is -0.138. The first-order valence-corrected chi connectivity index (χ1v) is 7.85. The van der Waals surface area contributed by atoms with E-state index < -0.39 is 5.97 Å². The third-order valence-corrected chi connectivity index (χ3v) is 4.73. The second-order valence-corrected chi connectivity index (χ2v) is 6.02. The van der Waals surface area contributed by atoms with Crippen molar-refractivity contribution in [2.75, 3.05) is 18.1 Å². The van der Waals surface area contributed by atoms with Gasteiger partial charge in [-0.1, -0.05) is 0 Å². The summed E-state index contributed by atoms with van der Waals surface area (Å²) < 4.78 is 1.91. The highest BCUT2D eigenvalue weighted by Gasteiger charge is 2.29. The average molecular weight is 283 g/mol. The maximum Gasteiger partial charge on any atom is 0.304 e. The van der Waals surface area contributed by atoms with Crippen LogP contribution in [0.15, 0.2) is 12.4 Å². The van der Waals surface area contributed by atoms with Gasteiger partial charge in [0.25, 0.3) is 0 Å². The number of carboxylic acids is 1. The van der Waals surface area contributed by atoms with Gasteiger partial charge in [0.2, 0.25) is 0 Å². The summed E-state index contributed by atoms with van der Waals surface area (Å²) in [6, 6.07) is 0.349. The van der Waals surface area contributed by atoms with E-state index in [0.717, 1.165) is 24.6 Å². The van der Waals surface area contributed by atoms with Gasteiger partial charge in [0, 0.05) is 48.4 Å². The van der Waals surface area contributed by atoms with Crippen molar-refractivity contribution in [3.8, 4) is 0 Å². The first-order chi connectivity index (χ1) is 9.11. The molecule has 5 nitrogen and oxygen atoms in total. The van der Waals surface area contributed by atoms with Crippen LogP contribution in [0.5, 0.6) is 0 Å². The van der Waals surface area contributed by atoms with Crippen molar-refractivity contribution in [2.45, 2.75) is 38.9 Å². The molecular weight excluding hydrogens is 262 g/mol. The fraction of sp³-hybridized carbons (Fsp3) is 0.692. The van der Waals surface area contributed by atoms with Crippen LogP contribution in [0.2, 0.25) is 0 Å². The molecule has 0 bridgehead atoms. The van der Waals surface area contributed by atoms with Gasteiger partial charge in [-0.15, -0.1) is 0 Å². The van der Waals surface area contributed by atoms with Crippen LogP contribution in [0, 0.1) is 0 Å². The van der Waals surface area contributed by atoms with Crippen molar-refractivity contribution >= 4 is 17.7 Å². The van der Waals surface area contributed by atoms with Gasteiger partial charge < -0.3 is 5.11 Å². The summed E-state index contributed by atoms with van der Waals surface area (Å²) >= 11 is 1.85. The third-order valence-electron chi connectivity index (χ3n) is 3.64. The summed E-state index contributed by atoms with van der Waals surface area (Å²) in [5, 5.41) is 13.3. The van der Waals surface area contributed by atoms with Crippen LogP contribution in [-0.4, -0.2) is 49.8 Å². The molecule has 0 spiro atoms. The maximum absolute atomic E-state index is 11.0. The van der Waals surface area contributed by atoms with Crippen molar-refractivity contribution in [3.05, 3.63) is 18.0 Å². The minimum absolute atomic E-state index is 0.122. The molecule has 2 unspecified atom stereocenters. The molecule has 1 fully saturated rings. The largest absolute Gasteiger partial charge is 0.481 e. The van der Waals surface area contributed by atoms with Crippen LogP contribution in [0.1, 0.15) is 31.9 Å². The van der Waals surface area contributed by atoms with E-state index in [-0.39, 0.29) is 18.5 Å². The quantitative estimate of drug-likeness (QED) is 0.894. The SMILES string of the molecule is CCn1cc(C(C)N2CCSCC2CC(=O)O)cn1. The van der Waals surface area contributed by atoms with Crippen molar-refractivity contribution in [3.63, 3.8) is 0 Å². The lowest BCUT2D eigenvalue weighted by atomic mass is 10.1. The number of carboxylic acid groups (broad SMARTS) is 1. The minimum atomic E-state index is -0.714. The van der Waals surface area contributed by atoms with Crippen LogP contribution in [0.25, 0.3) is 0 Å². The minimum Gasteiger partial charge on any atom is -0.481 e. The Bertz CT molecular complexity index is 435. The molecule has 2 atom stereocenters. The van der Waals surface area contributed by atoms with Gasteiger partial charge in [0.15, 0.2) is 0 Å². The highest BCUT2D eigenvalue weighted by Crippen LogP contribution is 2.28. The van der Waals surface area contributed by atoms with Crippen molar-refractivity contribution in [2.24, 2.45) is 0 Å². The van der Waals surface area contributed by atoms with Crippen LogP contribution in [-0.2, 0) is 11.3 Å². The number of hydrogen-bond donors (Lipinski definition) is 1. The van der Waals surface area contributed by atoms with Gasteiger partial charge in [-0.05, 0) is 13.8 Å². The summed E-state index contributed by atoms with van der Waals surface area (Å²) in [6.45, 7) is 6.01. The lowest BCUT2D eigenvalue weighted by Gasteiger charge is -2.38. The molecule has 6 heteroatoms. The molecule has 1 aromatic heterocycles. The Morgan fingerprint density at radius 1 is 1.68 bits per heavy atom. The number of nitrogens with zero attached hydrogens (tertiary/aromatic N) is 3. The molecule has 1 saturated heterocycles. The second kappa shape index (κ2) is 6.43. The summed E-state index contributed by atoms with van der Waals surface area (Å²) in [4.78, 5) is 13.3. The molecule has 19 heavy (non-hydrogen) atoms. The number of carbonyl (C=O) groups is 1. The molecule has 2 heterocycles. The molecule has 0 aromatic carbocycles. The fourth-order valence-electron chi connectivity index (χ4n) is 2.51. The van der Waals surface area contributed by atoms with E-state index in [2.05, 4.69) is 30.0 Å². The molecule has 0 radical (unpaired) electrons. The van der Waals surface area contributed by atoms with E-state index in [0.29, 0.717) is 0 Å². The van der Waals surface area contributed by atoms with Gasteiger partial charge >= 0.3 is 5.97 Å². The summed E-state index contributed by atoms with van der Waals surface area (Å²) in [5.41, 5.74) is 1.17. The number of aromatic nitrogens is 2. The average Bonchev–Trinajstić information content (AvgIpc) is 2.86. The predicted octanol–water partition coefficient (Wildman–Crippen LogP) is 1.86. The van der Waals surface area contributed by atoms with E-state index in [1.165, 1.54) is 5.56 Å².